The van der Waals surface area contributed by atoms with E-state index in [2.05, 4.69) is 525 Å². The fourth-order valence-corrected chi connectivity index (χ4v) is 22.3. The van der Waals surface area contributed by atoms with Crippen molar-refractivity contribution < 1.29 is 0 Å². The molecule has 0 unspecified atom stereocenters. The van der Waals surface area contributed by atoms with E-state index in [0.717, 1.165) is 123 Å². The van der Waals surface area contributed by atoms with Gasteiger partial charge in [-0.25, -0.2) is 29.9 Å². The van der Waals surface area contributed by atoms with E-state index in [9.17, 15) is 0 Å². The van der Waals surface area contributed by atoms with Crippen LogP contribution in [0.5, 0.6) is 0 Å². The Bertz CT molecular complexity index is 10300. The SMILES string of the molecule is c1ccc(-c2cc(-c3ccc4ccccc4c3)nc(-n3c4ccccc4c4c5c6ccccc6n(-c6ccccc6)c5ccc43)n2)cc1.c1ccc(-c2cc(-c3cccc4ccccc34)nc(-n3c4ccccc4c4c5c6ccccc6n(-c6ccccc6)c5ccc43)n2)cc1.c1ccc(-c2ccc(-n3c4ccccc4c4c5c6ccccc6n(-c6nc(-c7ccccc7)cc(-c7ccccc7)n6)c5ccc43)cc2)cc1. The van der Waals surface area contributed by atoms with Crippen molar-refractivity contribution in [3.05, 3.63) is 522 Å². The van der Waals surface area contributed by atoms with Crippen LogP contribution in [-0.2, 0) is 0 Å². The summed E-state index contributed by atoms with van der Waals surface area (Å²) in [6, 6.07) is 184. The molecule has 682 valence electrons. The fourth-order valence-electron chi connectivity index (χ4n) is 22.3. The van der Waals surface area contributed by atoms with Gasteiger partial charge in [0.25, 0.3) is 0 Å². The minimum atomic E-state index is 0.649. The van der Waals surface area contributed by atoms with Gasteiger partial charge < -0.3 is 13.7 Å². The summed E-state index contributed by atoms with van der Waals surface area (Å²) in [5.41, 5.74) is 31.0. The number of hydrogen-bond donors (Lipinski definition) is 0. The Morgan fingerprint density at radius 2 is 0.356 bits per heavy atom. The number of fused-ring (bicyclic) bond motifs is 23. The predicted molar refractivity (Wildman–Crippen MR) is 605 cm³/mol. The highest BCUT2D eigenvalue weighted by Crippen LogP contribution is 2.49. The first-order chi connectivity index (χ1) is 72.5. The monoisotopic (exact) mass is 1860 g/mol. The average Bonchev–Trinajstić information content (AvgIpc) is 1.55. The molecule has 21 aromatic carbocycles. The van der Waals surface area contributed by atoms with Crippen LogP contribution < -0.4 is 0 Å². The lowest BCUT2D eigenvalue weighted by molar-refractivity contribution is 0.995. The molecule has 0 atom stereocenters. The van der Waals surface area contributed by atoms with Gasteiger partial charge in [-0.15, -0.1) is 0 Å². The molecule has 0 N–H and O–H groups in total. The standard InChI is InChI=1S/C46H30N4.2C44H28N4/c1-4-14-31(15-5-1)32-24-26-35(27-25-32)49-40-22-12-10-20-36(40)44-42(49)28-29-43-45(44)37-21-11-13-23-41(37)50(43)46-47-38(33-16-6-2-7-17-33)30-39(48-46)34-18-8-3-9-19-34;1-3-15-30(16-4-1)36-28-37(33-23-13-17-29-14-7-8-20-32(29)33)46-44(45-36)48-39-25-12-10-22-35(39)43-41(48)27-26-40-42(43)34-21-9-11-24-38(34)47(40)31-18-5-2-6-19-31;1-3-14-30(15-4-1)36-28-37(32-24-23-29-13-7-8-16-31(29)27-32)46-44(45-36)48-39-22-12-10-20-35(39)43-41(48)26-25-40-42(43)34-19-9-11-21-38(34)47(40)33-17-5-2-6-18-33/h1-30H;2*1-28H. The summed E-state index contributed by atoms with van der Waals surface area (Å²) in [5.74, 6) is 1.95. The Kier molecular flexibility index (Phi) is 20.3. The van der Waals surface area contributed by atoms with Crippen LogP contribution in [-0.4, -0.2) is 57.3 Å². The van der Waals surface area contributed by atoms with Crippen LogP contribution in [0.25, 0.3) is 266 Å². The molecule has 0 bridgehead atoms. The van der Waals surface area contributed by atoms with E-state index in [1.165, 1.54) is 125 Å². The molecule has 12 heteroatoms. The Morgan fingerprint density at radius 1 is 0.123 bits per heavy atom. The lowest BCUT2D eigenvalue weighted by Crippen LogP contribution is -2.04. The van der Waals surface area contributed by atoms with E-state index in [1.807, 2.05) is 24.3 Å². The summed E-state index contributed by atoms with van der Waals surface area (Å²) in [4.78, 5) is 31.7. The Morgan fingerprint density at radius 3 is 0.705 bits per heavy atom. The van der Waals surface area contributed by atoms with Gasteiger partial charge in [-0.1, -0.05) is 388 Å². The van der Waals surface area contributed by atoms with Gasteiger partial charge >= 0.3 is 0 Å². The second-order valence-corrected chi connectivity index (χ2v) is 37.1. The normalized spacial score (nSPS) is 11.7. The van der Waals surface area contributed by atoms with Crippen LogP contribution in [0, 0.1) is 0 Å². The maximum atomic E-state index is 5.36. The van der Waals surface area contributed by atoms with Gasteiger partial charge in [0.05, 0.1) is 100 Å². The van der Waals surface area contributed by atoms with E-state index in [4.69, 9.17) is 29.9 Å². The van der Waals surface area contributed by atoms with Crippen molar-refractivity contribution in [1.82, 2.24) is 57.3 Å². The minimum absolute atomic E-state index is 0.649. The van der Waals surface area contributed by atoms with Gasteiger partial charge in [0.1, 0.15) is 0 Å². The van der Waals surface area contributed by atoms with Crippen molar-refractivity contribution >= 4 is 152 Å². The third-order valence-electron chi connectivity index (χ3n) is 28.8. The first kappa shape index (κ1) is 84.3. The number of benzene rings is 21. The lowest BCUT2D eigenvalue weighted by Gasteiger charge is -2.13. The fraction of sp³-hybridized carbons (Fsp3) is 0. The molecule has 9 heterocycles. The average molecular weight is 1860 g/mol. The van der Waals surface area contributed by atoms with Crippen molar-refractivity contribution in [2.45, 2.75) is 0 Å². The predicted octanol–water partition coefficient (Wildman–Crippen LogP) is 34.0. The van der Waals surface area contributed by atoms with Crippen LogP contribution in [0.15, 0.2) is 522 Å². The second kappa shape index (κ2) is 35.2. The number of aromatic nitrogens is 12. The van der Waals surface area contributed by atoms with Gasteiger partial charge in [-0.3, -0.25) is 13.7 Å². The largest absolute Gasteiger partial charge is 0.309 e. The number of para-hydroxylation sites is 8. The maximum Gasteiger partial charge on any atom is 0.235 e. The molecule has 146 heavy (non-hydrogen) atoms. The Balaban J connectivity index is 0.000000106. The lowest BCUT2D eigenvalue weighted by atomic mass is 10.0. The molecule has 0 aliphatic heterocycles. The van der Waals surface area contributed by atoms with E-state index < -0.39 is 0 Å². The third kappa shape index (κ3) is 14.2. The van der Waals surface area contributed by atoms with Crippen molar-refractivity contribution in [2.75, 3.05) is 0 Å². The summed E-state index contributed by atoms with van der Waals surface area (Å²) in [5, 5.41) is 19.2. The summed E-state index contributed by atoms with van der Waals surface area (Å²) >= 11 is 0. The molecule has 9 aromatic heterocycles. The van der Waals surface area contributed by atoms with Crippen molar-refractivity contribution in [2.24, 2.45) is 0 Å². The molecule has 0 saturated heterocycles. The van der Waals surface area contributed by atoms with Crippen molar-refractivity contribution in [3.8, 4) is 114 Å². The quantitative estimate of drug-likeness (QED) is 0.114. The van der Waals surface area contributed by atoms with E-state index >= 15 is 0 Å². The smallest absolute Gasteiger partial charge is 0.235 e. The van der Waals surface area contributed by atoms with Gasteiger partial charge in [-0.2, -0.15) is 0 Å². The van der Waals surface area contributed by atoms with Crippen LogP contribution >= 0.6 is 0 Å². The summed E-state index contributed by atoms with van der Waals surface area (Å²) in [7, 11) is 0. The second-order valence-electron chi connectivity index (χ2n) is 37.1. The number of rotatable bonds is 13. The Labute approximate surface area is 839 Å². The first-order valence-corrected chi connectivity index (χ1v) is 49.5. The van der Waals surface area contributed by atoms with Crippen LogP contribution in [0.1, 0.15) is 0 Å². The zero-order valence-corrected chi connectivity index (χ0v) is 79.0. The van der Waals surface area contributed by atoms with E-state index in [-0.39, 0.29) is 0 Å². The molecular weight excluding hydrogens is 1780 g/mol. The highest BCUT2D eigenvalue weighted by atomic mass is 15.2. The van der Waals surface area contributed by atoms with Crippen LogP contribution in [0.2, 0.25) is 0 Å². The summed E-state index contributed by atoms with van der Waals surface area (Å²) in [6.45, 7) is 0. The molecule has 30 rings (SSSR count). The highest BCUT2D eigenvalue weighted by molar-refractivity contribution is 6.32. The maximum absolute atomic E-state index is 5.36. The van der Waals surface area contributed by atoms with E-state index in [1.54, 1.807) is 0 Å². The molecule has 0 saturated carbocycles. The first-order valence-electron chi connectivity index (χ1n) is 49.5. The van der Waals surface area contributed by atoms with Crippen molar-refractivity contribution in [1.29, 1.82) is 0 Å². The molecule has 0 fully saturated rings. The molecule has 30 aromatic rings. The number of hydrogen-bond acceptors (Lipinski definition) is 6. The summed E-state index contributed by atoms with van der Waals surface area (Å²) in [6.07, 6.45) is 0. The molecule has 0 spiro atoms. The zero-order valence-electron chi connectivity index (χ0n) is 79.0. The third-order valence-corrected chi connectivity index (χ3v) is 28.8. The number of nitrogens with zero attached hydrogens (tertiary/aromatic N) is 12. The minimum Gasteiger partial charge on any atom is -0.309 e. The van der Waals surface area contributed by atoms with Crippen LogP contribution in [0.3, 0.4) is 0 Å². The topological polar surface area (TPSA) is 107 Å². The molecule has 0 aliphatic rings. The van der Waals surface area contributed by atoms with Crippen LogP contribution in [0.4, 0.5) is 0 Å². The van der Waals surface area contributed by atoms with Gasteiger partial charge in [0, 0.05) is 115 Å². The molecular formula is C134H86N12. The zero-order chi connectivity index (χ0) is 96.2. The molecule has 0 radical (unpaired) electrons. The van der Waals surface area contributed by atoms with Gasteiger partial charge in [0.2, 0.25) is 17.8 Å². The van der Waals surface area contributed by atoms with Gasteiger partial charge in [0.15, 0.2) is 0 Å². The Hall–Kier alpha value is -19.8. The molecule has 12 nitrogen and oxygen atoms in total. The highest BCUT2D eigenvalue weighted by Gasteiger charge is 2.29. The summed E-state index contributed by atoms with van der Waals surface area (Å²) < 4.78 is 13.9. The molecule has 0 amide bonds. The van der Waals surface area contributed by atoms with Crippen molar-refractivity contribution in [3.63, 3.8) is 0 Å². The van der Waals surface area contributed by atoms with E-state index in [0.29, 0.717) is 17.8 Å². The molecule has 0 aliphatic carbocycles. The van der Waals surface area contributed by atoms with Gasteiger partial charge in [-0.05, 0) is 166 Å².